The number of amides is 2. The zero-order chi connectivity index (χ0) is 15.7. The Kier molecular flexibility index (Phi) is 5.59. The summed E-state index contributed by atoms with van der Waals surface area (Å²) in [6.45, 7) is 5.99. The second kappa shape index (κ2) is 6.67. The van der Waals surface area contributed by atoms with Crippen molar-refractivity contribution in [3.05, 3.63) is 29.8 Å². The van der Waals surface area contributed by atoms with Crippen LogP contribution in [0.2, 0.25) is 0 Å². The van der Waals surface area contributed by atoms with Crippen molar-refractivity contribution in [2.75, 3.05) is 5.32 Å². The van der Waals surface area contributed by atoms with E-state index in [0.717, 1.165) is 19.3 Å². The van der Waals surface area contributed by atoms with Gasteiger partial charge in [-0.1, -0.05) is 6.92 Å². The molecule has 0 heterocycles. The molecule has 1 saturated carbocycles. The lowest BCUT2D eigenvalue weighted by Crippen LogP contribution is -2.42. The highest BCUT2D eigenvalue weighted by molar-refractivity contribution is 6.00. The van der Waals surface area contributed by atoms with Crippen LogP contribution in [0.3, 0.4) is 0 Å². The van der Waals surface area contributed by atoms with Gasteiger partial charge in [-0.15, -0.1) is 12.4 Å². The first kappa shape index (κ1) is 18.5. The second-order valence-corrected chi connectivity index (χ2v) is 6.38. The molecule has 0 bridgehead atoms. The molecule has 2 rings (SSSR count). The van der Waals surface area contributed by atoms with Crippen LogP contribution in [-0.4, -0.2) is 22.9 Å². The number of rotatable bonds is 5. The SMILES string of the molecule is CCC(C)(C)NC(=O)c1ccc(NC(=O)C2(N)CC2)cc1.Cl. The van der Waals surface area contributed by atoms with E-state index >= 15 is 0 Å². The van der Waals surface area contributed by atoms with Crippen LogP contribution < -0.4 is 16.4 Å². The van der Waals surface area contributed by atoms with E-state index in [1.54, 1.807) is 24.3 Å². The van der Waals surface area contributed by atoms with Gasteiger partial charge in [0.25, 0.3) is 5.91 Å². The molecule has 0 atom stereocenters. The van der Waals surface area contributed by atoms with E-state index in [2.05, 4.69) is 10.6 Å². The van der Waals surface area contributed by atoms with E-state index in [9.17, 15) is 9.59 Å². The third kappa shape index (κ3) is 4.45. The average molecular weight is 326 g/mol. The Morgan fingerprint density at radius 3 is 2.23 bits per heavy atom. The largest absolute Gasteiger partial charge is 0.347 e. The number of benzene rings is 1. The van der Waals surface area contributed by atoms with E-state index in [1.165, 1.54) is 0 Å². The van der Waals surface area contributed by atoms with E-state index in [1.807, 2.05) is 20.8 Å². The Morgan fingerprint density at radius 2 is 1.77 bits per heavy atom. The minimum Gasteiger partial charge on any atom is -0.347 e. The normalized spacial score (nSPS) is 15.5. The summed E-state index contributed by atoms with van der Waals surface area (Å²) in [6, 6.07) is 6.84. The van der Waals surface area contributed by atoms with Crippen LogP contribution in [-0.2, 0) is 4.79 Å². The first-order chi connectivity index (χ1) is 9.76. The molecule has 6 heteroatoms. The van der Waals surface area contributed by atoms with E-state index in [-0.39, 0.29) is 29.8 Å². The van der Waals surface area contributed by atoms with Crippen molar-refractivity contribution in [3.8, 4) is 0 Å². The van der Waals surface area contributed by atoms with Crippen LogP contribution in [0, 0.1) is 0 Å². The van der Waals surface area contributed by atoms with E-state index in [0.29, 0.717) is 11.3 Å². The highest BCUT2D eigenvalue weighted by Gasteiger charge is 2.45. The van der Waals surface area contributed by atoms with Crippen molar-refractivity contribution in [3.63, 3.8) is 0 Å². The summed E-state index contributed by atoms with van der Waals surface area (Å²) in [5.74, 6) is -0.274. The minimum atomic E-state index is -0.693. The number of carbonyl (C=O) groups excluding carboxylic acids is 2. The number of halogens is 1. The molecule has 0 aromatic heterocycles. The van der Waals surface area contributed by atoms with E-state index < -0.39 is 5.54 Å². The molecule has 1 aliphatic carbocycles. The van der Waals surface area contributed by atoms with Crippen molar-refractivity contribution in [2.45, 2.75) is 51.1 Å². The molecule has 5 nitrogen and oxygen atoms in total. The Hall–Kier alpha value is -1.59. The van der Waals surface area contributed by atoms with Crippen molar-refractivity contribution in [1.82, 2.24) is 5.32 Å². The van der Waals surface area contributed by atoms with Gasteiger partial charge < -0.3 is 16.4 Å². The molecule has 122 valence electrons. The van der Waals surface area contributed by atoms with Gasteiger partial charge in [-0.3, -0.25) is 9.59 Å². The molecule has 0 radical (unpaired) electrons. The van der Waals surface area contributed by atoms with Crippen molar-refractivity contribution >= 4 is 29.9 Å². The molecule has 0 aliphatic heterocycles. The second-order valence-electron chi connectivity index (χ2n) is 6.38. The first-order valence-electron chi connectivity index (χ1n) is 7.29. The summed E-state index contributed by atoms with van der Waals surface area (Å²) in [4.78, 5) is 23.9. The summed E-state index contributed by atoms with van der Waals surface area (Å²) in [7, 11) is 0. The molecule has 1 aromatic rings. The van der Waals surface area contributed by atoms with Gasteiger partial charge in [-0.05, 0) is 57.4 Å². The van der Waals surface area contributed by atoms with Crippen molar-refractivity contribution < 1.29 is 9.59 Å². The maximum Gasteiger partial charge on any atom is 0.251 e. The van der Waals surface area contributed by atoms with Crippen molar-refractivity contribution in [2.24, 2.45) is 5.73 Å². The molecule has 1 aliphatic rings. The fraction of sp³-hybridized carbons (Fsp3) is 0.500. The van der Waals surface area contributed by atoms with E-state index in [4.69, 9.17) is 5.73 Å². The number of nitrogens with two attached hydrogens (primary N) is 1. The molecule has 0 saturated heterocycles. The topological polar surface area (TPSA) is 84.2 Å². The van der Waals surface area contributed by atoms with Gasteiger partial charge in [0.1, 0.15) is 0 Å². The zero-order valence-electron chi connectivity index (χ0n) is 13.2. The smallest absolute Gasteiger partial charge is 0.251 e. The molecule has 1 aromatic carbocycles. The van der Waals surface area contributed by atoms with Crippen LogP contribution in [0.1, 0.15) is 50.4 Å². The first-order valence-corrected chi connectivity index (χ1v) is 7.29. The molecule has 4 N–H and O–H groups in total. The lowest BCUT2D eigenvalue weighted by Gasteiger charge is -2.24. The summed E-state index contributed by atoms with van der Waals surface area (Å²) in [5.41, 5.74) is 6.13. The zero-order valence-corrected chi connectivity index (χ0v) is 14.0. The summed E-state index contributed by atoms with van der Waals surface area (Å²) < 4.78 is 0. The van der Waals surface area contributed by atoms with Crippen LogP contribution >= 0.6 is 12.4 Å². The van der Waals surface area contributed by atoms with Crippen molar-refractivity contribution in [1.29, 1.82) is 0 Å². The lowest BCUT2D eigenvalue weighted by atomic mass is 10.0. The molecular formula is C16H24ClN3O2. The number of nitrogens with one attached hydrogen (secondary N) is 2. The number of hydrogen-bond donors (Lipinski definition) is 3. The van der Waals surface area contributed by atoms with Gasteiger partial charge >= 0.3 is 0 Å². The lowest BCUT2D eigenvalue weighted by molar-refractivity contribution is -0.118. The predicted molar refractivity (Wildman–Crippen MR) is 90.3 cm³/mol. The Balaban J connectivity index is 0.00000242. The minimum absolute atomic E-state index is 0. The van der Waals surface area contributed by atoms with Gasteiger partial charge in [0.15, 0.2) is 0 Å². The maximum absolute atomic E-state index is 12.1. The Morgan fingerprint density at radius 1 is 1.23 bits per heavy atom. The molecule has 0 spiro atoms. The molecule has 0 unspecified atom stereocenters. The predicted octanol–water partition coefficient (Wildman–Crippen LogP) is 2.46. The Labute approximate surface area is 137 Å². The fourth-order valence-electron chi connectivity index (χ4n) is 1.79. The number of carbonyl (C=O) groups is 2. The van der Waals surface area contributed by atoms with Crippen LogP contribution in [0.25, 0.3) is 0 Å². The maximum atomic E-state index is 12.1. The molecule has 2 amide bonds. The van der Waals surface area contributed by atoms with Gasteiger partial charge in [-0.25, -0.2) is 0 Å². The van der Waals surface area contributed by atoms with Gasteiger partial charge in [0, 0.05) is 16.8 Å². The molecule has 22 heavy (non-hydrogen) atoms. The third-order valence-electron chi connectivity index (χ3n) is 3.98. The third-order valence-corrected chi connectivity index (χ3v) is 3.98. The highest BCUT2D eigenvalue weighted by Crippen LogP contribution is 2.33. The molecule has 1 fully saturated rings. The number of hydrogen-bond acceptors (Lipinski definition) is 3. The van der Waals surface area contributed by atoms with Crippen LogP contribution in [0.5, 0.6) is 0 Å². The molecular weight excluding hydrogens is 302 g/mol. The van der Waals surface area contributed by atoms with Crippen LogP contribution in [0.15, 0.2) is 24.3 Å². The standard InChI is InChI=1S/C16H23N3O2.ClH/c1-4-15(2,3)19-13(20)11-5-7-12(8-6-11)18-14(21)16(17)9-10-16;/h5-8H,4,9-10,17H2,1-3H3,(H,18,21)(H,19,20);1H. The monoisotopic (exact) mass is 325 g/mol. The Bertz CT molecular complexity index is 551. The quantitative estimate of drug-likeness (QED) is 0.777. The summed E-state index contributed by atoms with van der Waals surface area (Å²) >= 11 is 0. The summed E-state index contributed by atoms with van der Waals surface area (Å²) in [6.07, 6.45) is 2.31. The van der Waals surface area contributed by atoms with Gasteiger partial charge in [0.2, 0.25) is 5.91 Å². The van der Waals surface area contributed by atoms with Gasteiger partial charge in [0.05, 0.1) is 5.54 Å². The summed E-state index contributed by atoms with van der Waals surface area (Å²) in [5, 5.41) is 5.74. The number of anilines is 1. The van der Waals surface area contributed by atoms with Crippen LogP contribution in [0.4, 0.5) is 5.69 Å². The van der Waals surface area contributed by atoms with Gasteiger partial charge in [-0.2, -0.15) is 0 Å². The fourth-order valence-corrected chi connectivity index (χ4v) is 1.79. The average Bonchev–Trinajstić information content (AvgIpc) is 3.18. The highest BCUT2D eigenvalue weighted by atomic mass is 35.5.